The number of carbonyl (C=O) groups excluding carboxylic acids is 2. The van der Waals surface area contributed by atoms with Crippen molar-refractivity contribution in [3.63, 3.8) is 0 Å². The van der Waals surface area contributed by atoms with Crippen LogP contribution in [0.5, 0.6) is 0 Å². The van der Waals surface area contributed by atoms with Gasteiger partial charge in [0.25, 0.3) is 0 Å². The number of nitrogens with one attached hydrogen (secondary N) is 1. The Morgan fingerprint density at radius 1 is 1.40 bits per heavy atom. The maximum absolute atomic E-state index is 11.2. The molecule has 0 fully saturated rings. The van der Waals surface area contributed by atoms with Crippen LogP contribution >= 0.6 is 0 Å². The van der Waals surface area contributed by atoms with Crippen molar-refractivity contribution in [2.45, 2.75) is 38.7 Å². The average molecular weight is 217 g/mol. The van der Waals surface area contributed by atoms with E-state index < -0.39 is 12.1 Å². The number of hydrogen-bond acceptors (Lipinski definition) is 4. The Bertz CT molecular complexity index is 206. The summed E-state index contributed by atoms with van der Waals surface area (Å²) >= 11 is 0. The van der Waals surface area contributed by atoms with Crippen LogP contribution in [0.1, 0.15) is 32.6 Å². The summed E-state index contributed by atoms with van der Waals surface area (Å²) in [6, 6.07) is 0. The van der Waals surface area contributed by atoms with Crippen LogP contribution in [0.4, 0.5) is 0 Å². The minimum atomic E-state index is -1.27. The van der Waals surface area contributed by atoms with E-state index >= 15 is 0 Å². The van der Waals surface area contributed by atoms with Gasteiger partial charge in [-0.05, 0) is 6.42 Å². The fourth-order valence-electron chi connectivity index (χ4n) is 1.05. The molecule has 0 aromatic rings. The molecule has 0 heterocycles. The molecular weight excluding hydrogens is 198 g/mol. The highest BCUT2D eigenvalue weighted by Crippen LogP contribution is 1.98. The van der Waals surface area contributed by atoms with Gasteiger partial charge in [-0.1, -0.05) is 19.8 Å². The first-order valence-electron chi connectivity index (χ1n) is 5.14. The number of methoxy groups -OCH3 is 1. The second kappa shape index (κ2) is 8.23. The van der Waals surface area contributed by atoms with Crippen molar-refractivity contribution in [2.24, 2.45) is 0 Å². The number of aliphatic hydroxyl groups excluding tert-OH is 1. The Hall–Kier alpha value is -1.10. The highest BCUT2D eigenvalue weighted by atomic mass is 16.5. The molecule has 0 saturated heterocycles. The highest BCUT2D eigenvalue weighted by molar-refractivity contribution is 5.78. The van der Waals surface area contributed by atoms with E-state index in [1.54, 1.807) is 0 Å². The molecule has 0 saturated carbocycles. The molecule has 0 radical (unpaired) electrons. The van der Waals surface area contributed by atoms with Crippen molar-refractivity contribution in [2.75, 3.05) is 13.7 Å². The molecule has 1 unspecified atom stereocenters. The Kier molecular flexibility index (Phi) is 7.62. The monoisotopic (exact) mass is 217 g/mol. The van der Waals surface area contributed by atoms with Gasteiger partial charge in [0.05, 0.1) is 13.7 Å². The first-order chi connectivity index (χ1) is 7.11. The number of amides is 1. The van der Waals surface area contributed by atoms with Crippen LogP contribution in [0, 0.1) is 0 Å². The van der Waals surface area contributed by atoms with E-state index in [9.17, 15) is 9.59 Å². The lowest BCUT2D eigenvalue weighted by Crippen LogP contribution is -2.37. The Labute approximate surface area is 89.8 Å². The fraction of sp³-hybridized carbons (Fsp3) is 0.800. The van der Waals surface area contributed by atoms with E-state index in [2.05, 4.69) is 17.0 Å². The Morgan fingerprint density at radius 2 is 2.07 bits per heavy atom. The third-order valence-electron chi connectivity index (χ3n) is 1.97. The van der Waals surface area contributed by atoms with E-state index in [1.165, 1.54) is 7.11 Å². The van der Waals surface area contributed by atoms with Crippen LogP contribution in [-0.2, 0) is 14.3 Å². The molecule has 0 aliphatic carbocycles. The standard InChI is InChI=1S/C10H19NO4/c1-3-4-5-6-9(13)11-7-8(12)10(14)15-2/h8,12H,3-7H2,1-2H3,(H,11,13). The number of rotatable bonds is 7. The summed E-state index contributed by atoms with van der Waals surface area (Å²) in [5.41, 5.74) is 0. The summed E-state index contributed by atoms with van der Waals surface area (Å²) in [6.07, 6.45) is 2.05. The molecule has 15 heavy (non-hydrogen) atoms. The highest BCUT2D eigenvalue weighted by Gasteiger charge is 2.15. The summed E-state index contributed by atoms with van der Waals surface area (Å²) in [4.78, 5) is 21.9. The van der Waals surface area contributed by atoms with Crippen LogP contribution in [0.3, 0.4) is 0 Å². The van der Waals surface area contributed by atoms with E-state index in [0.29, 0.717) is 6.42 Å². The van der Waals surface area contributed by atoms with Crippen molar-refractivity contribution in [3.05, 3.63) is 0 Å². The number of esters is 1. The third-order valence-corrected chi connectivity index (χ3v) is 1.97. The number of carbonyl (C=O) groups is 2. The van der Waals surface area contributed by atoms with Gasteiger partial charge in [-0.25, -0.2) is 4.79 Å². The SMILES string of the molecule is CCCCCC(=O)NCC(O)C(=O)OC. The quantitative estimate of drug-likeness (QED) is 0.472. The predicted molar refractivity (Wildman–Crippen MR) is 55.2 cm³/mol. The summed E-state index contributed by atoms with van der Waals surface area (Å²) in [6.45, 7) is 1.97. The van der Waals surface area contributed by atoms with Gasteiger partial charge >= 0.3 is 5.97 Å². The zero-order valence-corrected chi connectivity index (χ0v) is 9.28. The number of hydrogen-bond donors (Lipinski definition) is 2. The van der Waals surface area contributed by atoms with Gasteiger partial charge in [0.15, 0.2) is 6.10 Å². The largest absolute Gasteiger partial charge is 0.467 e. The Balaban J connectivity index is 3.57. The molecule has 0 aromatic carbocycles. The maximum Gasteiger partial charge on any atom is 0.336 e. The van der Waals surface area contributed by atoms with Crippen molar-refractivity contribution in [1.29, 1.82) is 0 Å². The average Bonchev–Trinajstić information content (AvgIpc) is 2.25. The predicted octanol–water partition coefficient (Wildman–Crippen LogP) is 0.217. The van der Waals surface area contributed by atoms with Crippen molar-refractivity contribution in [1.82, 2.24) is 5.32 Å². The molecule has 1 amide bonds. The molecule has 1 atom stereocenters. The summed E-state index contributed by atoms with van der Waals surface area (Å²) in [7, 11) is 1.19. The van der Waals surface area contributed by atoms with E-state index in [1.807, 2.05) is 0 Å². The number of unbranched alkanes of at least 4 members (excludes halogenated alkanes) is 2. The minimum Gasteiger partial charge on any atom is -0.467 e. The topological polar surface area (TPSA) is 75.6 Å². The normalized spacial score (nSPS) is 11.9. The van der Waals surface area contributed by atoms with Gasteiger partial charge in [0, 0.05) is 6.42 Å². The Morgan fingerprint density at radius 3 is 2.60 bits per heavy atom. The van der Waals surface area contributed by atoms with E-state index in [-0.39, 0.29) is 12.5 Å². The van der Waals surface area contributed by atoms with Crippen molar-refractivity contribution in [3.8, 4) is 0 Å². The molecule has 0 aliphatic rings. The number of ether oxygens (including phenoxy) is 1. The molecule has 2 N–H and O–H groups in total. The smallest absolute Gasteiger partial charge is 0.336 e. The molecule has 0 aromatic heterocycles. The van der Waals surface area contributed by atoms with Crippen LogP contribution in [0.2, 0.25) is 0 Å². The second-order valence-corrected chi connectivity index (χ2v) is 3.30. The fourth-order valence-corrected chi connectivity index (χ4v) is 1.05. The van der Waals surface area contributed by atoms with Gasteiger partial charge in [-0.2, -0.15) is 0 Å². The minimum absolute atomic E-state index is 0.0857. The molecule has 5 nitrogen and oxygen atoms in total. The molecular formula is C10H19NO4. The first-order valence-corrected chi connectivity index (χ1v) is 5.14. The first kappa shape index (κ1) is 13.9. The lowest BCUT2D eigenvalue weighted by Gasteiger charge is -2.09. The van der Waals surface area contributed by atoms with E-state index in [4.69, 9.17) is 5.11 Å². The lowest BCUT2D eigenvalue weighted by molar-refractivity contribution is -0.150. The summed E-state index contributed by atoms with van der Waals surface area (Å²) in [5, 5.41) is 11.6. The van der Waals surface area contributed by atoms with Gasteiger partial charge in [0.1, 0.15) is 0 Å². The van der Waals surface area contributed by atoms with Crippen molar-refractivity contribution >= 4 is 11.9 Å². The lowest BCUT2D eigenvalue weighted by atomic mass is 10.2. The molecule has 0 spiro atoms. The van der Waals surface area contributed by atoms with Gasteiger partial charge in [0.2, 0.25) is 5.91 Å². The molecule has 0 rings (SSSR count). The van der Waals surface area contributed by atoms with Crippen LogP contribution in [0.15, 0.2) is 0 Å². The van der Waals surface area contributed by atoms with E-state index in [0.717, 1.165) is 19.3 Å². The zero-order chi connectivity index (χ0) is 11.7. The van der Waals surface area contributed by atoms with Gasteiger partial charge in [-0.15, -0.1) is 0 Å². The van der Waals surface area contributed by atoms with Crippen LogP contribution in [0.25, 0.3) is 0 Å². The summed E-state index contributed by atoms with van der Waals surface area (Å²) in [5.74, 6) is -0.879. The van der Waals surface area contributed by atoms with Crippen molar-refractivity contribution < 1.29 is 19.4 Å². The number of aliphatic hydroxyl groups is 1. The molecule has 0 aliphatic heterocycles. The van der Waals surface area contributed by atoms with Crippen LogP contribution in [-0.4, -0.2) is 36.7 Å². The van der Waals surface area contributed by atoms with Gasteiger partial charge < -0.3 is 15.2 Å². The second-order valence-electron chi connectivity index (χ2n) is 3.30. The zero-order valence-electron chi connectivity index (χ0n) is 9.28. The summed E-state index contributed by atoms with van der Waals surface area (Å²) < 4.78 is 4.30. The molecule has 0 bridgehead atoms. The maximum atomic E-state index is 11.2. The molecule has 5 heteroatoms. The third kappa shape index (κ3) is 6.90. The van der Waals surface area contributed by atoms with Gasteiger partial charge in [-0.3, -0.25) is 4.79 Å². The van der Waals surface area contributed by atoms with Crippen LogP contribution < -0.4 is 5.32 Å². The molecule has 88 valence electrons.